The van der Waals surface area contributed by atoms with Crippen LogP contribution in [0.3, 0.4) is 0 Å². The molecule has 44 heavy (non-hydrogen) atoms. The summed E-state index contributed by atoms with van der Waals surface area (Å²) in [4.78, 5) is 33.2. The van der Waals surface area contributed by atoms with E-state index < -0.39 is 9.84 Å². The Morgan fingerprint density at radius 2 is 1.68 bits per heavy atom. The van der Waals surface area contributed by atoms with Crippen LogP contribution in [0.4, 0.5) is 37.5 Å². The molecule has 2 aromatic carbocycles. The summed E-state index contributed by atoms with van der Waals surface area (Å²) in [6, 6.07) is 16.4. The van der Waals surface area contributed by atoms with E-state index >= 15 is 0 Å². The number of piperazine rings is 1. The van der Waals surface area contributed by atoms with Gasteiger partial charge in [0.25, 0.3) is 5.91 Å². The van der Waals surface area contributed by atoms with Gasteiger partial charge in [-0.25, -0.2) is 9.97 Å². The lowest BCUT2D eigenvalue weighted by atomic mass is 10.0. The quantitative estimate of drug-likeness (QED) is 0.179. The molecule has 2 aliphatic rings. The minimum Gasteiger partial charge on any atom is -0.369 e. The second-order valence-electron chi connectivity index (χ2n) is 11.2. The van der Waals surface area contributed by atoms with E-state index in [0.29, 0.717) is 18.2 Å². The molecule has 6 rings (SSSR count). The fourth-order valence-electron chi connectivity index (χ4n) is 5.49. The smallest absolute Gasteiger partial charge is 0.321 e. The number of amides is 1. The fourth-order valence-corrected chi connectivity index (χ4v) is 5.82. The molecule has 228 valence electrons. The Balaban J connectivity index is 1.11. The van der Waals surface area contributed by atoms with Gasteiger partial charge in [0.05, 0.1) is 5.69 Å². The number of nitrogens with zero attached hydrogens (tertiary/aromatic N) is 6. The highest BCUT2D eigenvalue weighted by Gasteiger charge is 2.28. The average Bonchev–Trinajstić information content (AvgIpc) is 3.02. The van der Waals surface area contributed by atoms with Crippen LogP contribution in [0.5, 0.6) is 0 Å². The molecular formula is C32H33F2IN8O. The normalized spacial score (nSPS) is 15.6. The topological polar surface area (TPSA) is 89.5 Å². The number of hydrogen-bond donors (Lipinski definition) is 2. The van der Waals surface area contributed by atoms with Gasteiger partial charge in [0.1, 0.15) is 5.69 Å². The predicted molar refractivity (Wildman–Crippen MR) is 178 cm³/mol. The number of fused-ring (bicyclic) bond motifs is 1. The summed E-state index contributed by atoms with van der Waals surface area (Å²) in [5.74, 6) is 0.0251. The SMILES string of the molecule is Cc1ccc(NC(=O)c2cc(C(F)(F)I)ccn2)cc1N1CCc2nc(Nc3ccc(N4CCN(C)CC4)cc3)ncc2C1. The number of likely N-dealkylation sites (N-methyl/N-ethyl adjacent to an activating group) is 1. The van der Waals surface area contributed by atoms with Crippen LogP contribution in [0.15, 0.2) is 67.0 Å². The molecule has 0 bridgehead atoms. The second kappa shape index (κ2) is 12.6. The lowest BCUT2D eigenvalue weighted by Crippen LogP contribution is -2.44. The Kier molecular flexibility index (Phi) is 8.63. The molecule has 2 N–H and O–H groups in total. The van der Waals surface area contributed by atoms with Crippen molar-refractivity contribution in [3.8, 4) is 0 Å². The zero-order valence-electron chi connectivity index (χ0n) is 24.5. The molecule has 4 heterocycles. The van der Waals surface area contributed by atoms with E-state index in [1.165, 1.54) is 18.0 Å². The Hall–Kier alpha value is -3.91. The first-order valence-corrected chi connectivity index (χ1v) is 15.6. The highest BCUT2D eigenvalue weighted by Crippen LogP contribution is 2.35. The third-order valence-corrected chi connectivity index (χ3v) is 8.68. The Labute approximate surface area is 268 Å². The van der Waals surface area contributed by atoms with Crippen molar-refractivity contribution < 1.29 is 13.6 Å². The summed E-state index contributed by atoms with van der Waals surface area (Å²) >= 11 is 1.04. The van der Waals surface area contributed by atoms with Gasteiger partial charge < -0.3 is 25.3 Å². The van der Waals surface area contributed by atoms with E-state index in [0.717, 1.165) is 96.0 Å². The van der Waals surface area contributed by atoms with Gasteiger partial charge in [-0.05, 0) is 68.1 Å². The highest BCUT2D eigenvalue weighted by atomic mass is 127. The van der Waals surface area contributed by atoms with Crippen LogP contribution in [-0.2, 0) is 16.9 Å². The molecule has 0 atom stereocenters. The summed E-state index contributed by atoms with van der Waals surface area (Å²) in [7, 11) is 2.16. The van der Waals surface area contributed by atoms with Crippen LogP contribution in [0, 0.1) is 6.92 Å². The maximum Gasteiger partial charge on any atom is 0.321 e. The molecule has 9 nitrogen and oxygen atoms in total. The standard InChI is InChI=1S/C32H33F2IN8O/c1-21-3-4-25(38-30(44)28-17-23(9-11-36-28)32(33,34)35)18-29(21)43-12-10-27-22(20-43)19-37-31(40-27)39-24-5-7-26(8-6-24)42-15-13-41(2)14-16-42/h3-9,11,17-19H,10,12-16,20H2,1-2H3,(H,38,44)(H,37,39,40). The molecule has 1 amide bonds. The first-order valence-electron chi connectivity index (χ1n) is 14.5. The summed E-state index contributed by atoms with van der Waals surface area (Å²) in [5.41, 5.74) is 6.46. The zero-order chi connectivity index (χ0) is 30.8. The van der Waals surface area contributed by atoms with E-state index in [9.17, 15) is 13.6 Å². The molecule has 1 fully saturated rings. The lowest BCUT2D eigenvalue weighted by molar-refractivity contribution is 0.102. The number of benzene rings is 2. The van der Waals surface area contributed by atoms with Gasteiger partial charge in [-0.2, -0.15) is 8.78 Å². The number of carbonyl (C=O) groups excluding carboxylic acids is 1. The Morgan fingerprint density at radius 3 is 2.43 bits per heavy atom. The number of nitrogens with one attached hydrogen (secondary N) is 2. The average molecular weight is 711 g/mol. The molecule has 4 aromatic rings. The van der Waals surface area contributed by atoms with E-state index in [4.69, 9.17) is 4.98 Å². The van der Waals surface area contributed by atoms with Gasteiger partial charge in [-0.3, -0.25) is 9.78 Å². The number of anilines is 5. The number of alkyl halides is 3. The van der Waals surface area contributed by atoms with Crippen molar-refractivity contribution in [2.45, 2.75) is 23.8 Å². The number of aryl methyl sites for hydroxylation is 1. The maximum absolute atomic E-state index is 13.7. The van der Waals surface area contributed by atoms with Crippen molar-refractivity contribution in [1.82, 2.24) is 19.9 Å². The third kappa shape index (κ3) is 6.91. The van der Waals surface area contributed by atoms with Gasteiger partial charge in [0.15, 0.2) is 0 Å². The predicted octanol–water partition coefficient (Wildman–Crippen LogP) is 5.97. The number of aromatic nitrogens is 3. The summed E-state index contributed by atoms with van der Waals surface area (Å²) in [6.45, 7) is 7.58. The maximum atomic E-state index is 13.7. The number of carbonyl (C=O) groups is 1. The van der Waals surface area contributed by atoms with Crippen molar-refractivity contribution in [3.05, 3.63) is 95.1 Å². The van der Waals surface area contributed by atoms with E-state index in [1.54, 1.807) is 6.07 Å². The number of pyridine rings is 1. The molecule has 1 saturated heterocycles. The van der Waals surface area contributed by atoms with Crippen LogP contribution in [-0.4, -0.2) is 65.5 Å². The van der Waals surface area contributed by atoms with Gasteiger partial charge in [-0.1, -0.05) is 6.07 Å². The van der Waals surface area contributed by atoms with E-state index in [2.05, 4.69) is 66.6 Å². The molecule has 0 unspecified atom stereocenters. The van der Waals surface area contributed by atoms with Crippen LogP contribution in [0.1, 0.15) is 32.9 Å². The summed E-state index contributed by atoms with van der Waals surface area (Å²) in [5, 5.41) is 6.15. The van der Waals surface area contributed by atoms with Gasteiger partial charge >= 0.3 is 3.93 Å². The van der Waals surface area contributed by atoms with Crippen LogP contribution in [0.2, 0.25) is 0 Å². The summed E-state index contributed by atoms with van der Waals surface area (Å²) < 4.78 is 24.4. The molecule has 0 aliphatic carbocycles. The van der Waals surface area contributed by atoms with Crippen LogP contribution in [0.25, 0.3) is 0 Å². The van der Waals surface area contributed by atoms with Crippen molar-refractivity contribution >= 4 is 57.2 Å². The van der Waals surface area contributed by atoms with E-state index in [-0.39, 0.29) is 11.3 Å². The first-order chi connectivity index (χ1) is 21.1. The van der Waals surface area contributed by atoms with Crippen molar-refractivity contribution in [1.29, 1.82) is 0 Å². The first kappa shape index (κ1) is 30.1. The Morgan fingerprint density at radius 1 is 0.932 bits per heavy atom. The molecule has 12 heteroatoms. The zero-order valence-corrected chi connectivity index (χ0v) is 26.7. The molecule has 0 radical (unpaired) electrons. The number of halogens is 3. The monoisotopic (exact) mass is 710 g/mol. The second-order valence-corrected chi connectivity index (χ2v) is 12.5. The summed E-state index contributed by atoms with van der Waals surface area (Å²) in [6.07, 6.45) is 3.83. The molecule has 2 aliphatic heterocycles. The van der Waals surface area contributed by atoms with Crippen LogP contribution >= 0.6 is 22.6 Å². The lowest BCUT2D eigenvalue weighted by Gasteiger charge is -2.34. The van der Waals surface area contributed by atoms with E-state index in [1.807, 2.05) is 25.3 Å². The van der Waals surface area contributed by atoms with Gasteiger partial charge in [-0.15, -0.1) is 0 Å². The fraction of sp³-hybridized carbons (Fsp3) is 0.312. The van der Waals surface area contributed by atoms with Crippen molar-refractivity contribution in [2.75, 3.05) is 60.2 Å². The minimum absolute atomic E-state index is 0.0691. The van der Waals surface area contributed by atoms with Gasteiger partial charge in [0.2, 0.25) is 5.95 Å². The number of rotatable bonds is 7. The van der Waals surface area contributed by atoms with Crippen LogP contribution < -0.4 is 20.4 Å². The highest BCUT2D eigenvalue weighted by molar-refractivity contribution is 14.1. The molecule has 0 saturated carbocycles. The van der Waals surface area contributed by atoms with Gasteiger partial charge in [0, 0.05) is 115 Å². The minimum atomic E-state index is -3.09. The third-order valence-electron chi connectivity index (χ3n) is 8.05. The van der Waals surface area contributed by atoms with Crippen molar-refractivity contribution in [2.24, 2.45) is 0 Å². The molecular weight excluding hydrogens is 677 g/mol. The molecule has 2 aromatic heterocycles. The molecule has 0 spiro atoms. The largest absolute Gasteiger partial charge is 0.369 e. The number of hydrogen-bond acceptors (Lipinski definition) is 8. The van der Waals surface area contributed by atoms with Crippen molar-refractivity contribution in [3.63, 3.8) is 0 Å². The Bertz CT molecular complexity index is 1660.